The van der Waals surface area contributed by atoms with Crippen LogP contribution in [0.2, 0.25) is 0 Å². The minimum absolute atomic E-state index is 0.0106. The molecule has 3 saturated heterocycles. The van der Waals surface area contributed by atoms with Crippen molar-refractivity contribution in [2.45, 2.75) is 43.5 Å². The molecule has 3 aliphatic rings. The van der Waals surface area contributed by atoms with Crippen LogP contribution < -0.4 is 15.2 Å². The van der Waals surface area contributed by atoms with Gasteiger partial charge in [0.05, 0.1) is 64.7 Å². The number of ether oxygens (including phenoxy) is 2. The molecule has 11 nitrogen and oxygen atoms in total. The highest BCUT2D eigenvalue weighted by molar-refractivity contribution is 6.06. The van der Waals surface area contributed by atoms with Gasteiger partial charge in [0.2, 0.25) is 5.56 Å². The summed E-state index contributed by atoms with van der Waals surface area (Å²) in [6.07, 6.45) is 8.66. The zero-order valence-electron chi connectivity index (χ0n) is 25.8. The molecule has 0 aliphatic carbocycles. The monoisotopic (exact) mass is 641 g/mol. The summed E-state index contributed by atoms with van der Waals surface area (Å²) >= 11 is 0. The SMILES string of the molecule is C#Cc1c(F)ccc2[nH]c(=O)cc(-c3cc4nc(OC[C@@]56CCCN5C[C@H](F)C6)nc(N5CCOCC(C)(O)C5)c4c4ccnn34)c12. The number of aromatic amines is 1. The standard InChI is InChI=1S/C34H33F2N7O4/c1-3-21-23(36)5-6-24-29(21)22(13-28(44)38-24)27-14-25-30(26-7-9-37-43(26)27)31(41-11-12-46-18-33(2,45)17-41)40-32(39-25)47-19-34-8-4-10-42(34)16-20(35)15-34/h1,5-7,9,13-14,20,45H,4,8,10-12,15-19H2,2H3,(H,38,44)/t20-,33?,34+/m1/s1. The first-order valence-electron chi connectivity index (χ1n) is 15.7. The van der Waals surface area contributed by atoms with Gasteiger partial charge in [0.15, 0.2) is 0 Å². The number of hydrogen-bond donors (Lipinski definition) is 2. The third kappa shape index (κ3) is 4.99. The molecule has 0 radical (unpaired) electrons. The van der Waals surface area contributed by atoms with Gasteiger partial charge in [0.1, 0.15) is 30.0 Å². The molecule has 3 atom stereocenters. The normalized spacial score (nSPS) is 25.0. The largest absolute Gasteiger partial charge is 0.461 e. The van der Waals surface area contributed by atoms with E-state index in [-0.39, 0.29) is 31.3 Å². The fourth-order valence-electron chi connectivity index (χ4n) is 7.66. The second kappa shape index (κ2) is 11.0. The smallest absolute Gasteiger partial charge is 0.319 e. The molecule has 5 aromatic rings. The summed E-state index contributed by atoms with van der Waals surface area (Å²) in [4.78, 5) is 29.5. The van der Waals surface area contributed by atoms with Crippen molar-refractivity contribution in [3.05, 3.63) is 58.3 Å². The van der Waals surface area contributed by atoms with Gasteiger partial charge in [-0.2, -0.15) is 15.1 Å². The second-order valence-corrected chi connectivity index (χ2v) is 13.1. The number of nitrogens with zero attached hydrogens (tertiary/aromatic N) is 6. The lowest BCUT2D eigenvalue weighted by atomic mass is 9.95. The number of nitrogens with one attached hydrogen (secondary N) is 1. The van der Waals surface area contributed by atoms with Gasteiger partial charge >= 0.3 is 6.01 Å². The van der Waals surface area contributed by atoms with Gasteiger partial charge in [-0.05, 0) is 50.6 Å². The molecule has 0 saturated carbocycles. The zero-order valence-corrected chi connectivity index (χ0v) is 25.8. The first kappa shape index (κ1) is 29.7. The van der Waals surface area contributed by atoms with Gasteiger partial charge in [-0.25, -0.2) is 13.3 Å². The summed E-state index contributed by atoms with van der Waals surface area (Å²) in [7, 11) is 0. The van der Waals surface area contributed by atoms with Gasteiger partial charge in [-0.3, -0.25) is 9.69 Å². The van der Waals surface area contributed by atoms with E-state index < -0.39 is 28.7 Å². The molecule has 0 bridgehead atoms. The number of β-amino-alcohol motifs (C(OH)–C–C–N with tert-alkyl or cyclic N) is 1. The topological polar surface area (TPSA) is 121 Å². The summed E-state index contributed by atoms with van der Waals surface area (Å²) in [6.45, 7) is 4.34. The summed E-state index contributed by atoms with van der Waals surface area (Å²) in [5, 5.41) is 16.7. The minimum Gasteiger partial charge on any atom is -0.461 e. The van der Waals surface area contributed by atoms with Crippen LogP contribution >= 0.6 is 0 Å². The lowest BCUT2D eigenvalue weighted by Crippen LogP contribution is -2.44. The highest BCUT2D eigenvalue weighted by Gasteiger charge is 2.49. The van der Waals surface area contributed by atoms with Crippen molar-refractivity contribution in [3.8, 4) is 29.6 Å². The Bertz CT molecular complexity index is 2160. The van der Waals surface area contributed by atoms with E-state index in [0.29, 0.717) is 70.5 Å². The van der Waals surface area contributed by atoms with E-state index in [1.54, 1.807) is 29.8 Å². The molecule has 1 unspecified atom stereocenters. The molecule has 4 aromatic heterocycles. The Hall–Kier alpha value is -4.64. The predicted octanol–water partition coefficient (Wildman–Crippen LogP) is 3.45. The summed E-state index contributed by atoms with van der Waals surface area (Å²) in [5.41, 5.74) is 0.334. The van der Waals surface area contributed by atoms with E-state index in [1.165, 1.54) is 18.2 Å². The van der Waals surface area contributed by atoms with Crippen LogP contribution in [0.15, 0.2) is 41.3 Å². The van der Waals surface area contributed by atoms with Crippen molar-refractivity contribution in [2.24, 2.45) is 0 Å². The Morgan fingerprint density at radius 2 is 2.11 bits per heavy atom. The van der Waals surface area contributed by atoms with Gasteiger partial charge in [0.25, 0.3) is 0 Å². The first-order chi connectivity index (χ1) is 22.6. The number of alkyl halides is 1. The van der Waals surface area contributed by atoms with Crippen LogP contribution in [0.5, 0.6) is 6.01 Å². The van der Waals surface area contributed by atoms with Crippen LogP contribution in [0.25, 0.3) is 38.6 Å². The summed E-state index contributed by atoms with van der Waals surface area (Å²) in [5.74, 6) is 2.36. The first-order valence-corrected chi connectivity index (χ1v) is 15.7. The number of aromatic nitrogens is 5. The molecular formula is C34H33F2N7O4. The number of benzene rings is 1. The van der Waals surface area contributed by atoms with Crippen LogP contribution in [0.3, 0.4) is 0 Å². The van der Waals surface area contributed by atoms with Crippen molar-refractivity contribution in [1.29, 1.82) is 0 Å². The predicted molar refractivity (Wildman–Crippen MR) is 172 cm³/mol. The number of H-pyrrole nitrogens is 1. The maximum Gasteiger partial charge on any atom is 0.319 e. The summed E-state index contributed by atoms with van der Waals surface area (Å²) < 4.78 is 43.2. The number of hydrogen-bond acceptors (Lipinski definition) is 9. The van der Waals surface area contributed by atoms with Gasteiger partial charge in [-0.1, -0.05) is 5.92 Å². The number of halogens is 2. The average Bonchev–Trinajstić information content (AvgIpc) is 3.71. The third-order valence-electron chi connectivity index (χ3n) is 9.66. The Morgan fingerprint density at radius 3 is 2.96 bits per heavy atom. The van der Waals surface area contributed by atoms with E-state index >= 15 is 4.39 Å². The van der Waals surface area contributed by atoms with E-state index in [2.05, 4.69) is 20.9 Å². The Balaban J connectivity index is 1.35. The fourth-order valence-corrected chi connectivity index (χ4v) is 7.66. The highest BCUT2D eigenvalue weighted by atomic mass is 19.1. The number of fused-ring (bicyclic) bond motifs is 5. The Labute approximate surface area is 268 Å². The lowest BCUT2D eigenvalue weighted by Gasteiger charge is -2.31. The minimum atomic E-state index is -1.16. The Kier molecular flexibility index (Phi) is 6.94. The van der Waals surface area contributed by atoms with Crippen LogP contribution in [0.1, 0.15) is 31.7 Å². The molecule has 1 aromatic carbocycles. The Morgan fingerprint density at radius 1 is 1.23 bits per heavy atom. The molecule has 7 heterocycles. The van der Waals surface area contributed by atoms with Crippen LogP contribution in [0, 0.1) is 18.2 Å². The molecule has 0 amide bonds. The van der Waals surface area contributed by atoms with Gasteiger partial charge in [0, 0.05) is 36.5 Å². The fraction of sp³-hybridized carbons (Fsp3) is 0.412. The van der Waals surface area contributed by atoms with Gasteiger partial charge in [-0.15, -0.1) is 6.42 Å². The molecule has 242 valence electrons. The van der Waals surface area contributed by atoms with Crippen LogP contribution in [-0.2, 0) is 4.74 Å². The third-order valence-corrected chi connectivity index (χ3v) is 9.66. The molecule has 47 heavy (non-hydrogen) atoms. The van der Waals surface area contributed by atoms with Crippen molar-refractivity contribution in [2.75, 3.05) is 50.9 Å². The number of pyridine rings is 2. The van der Waals surface area contributed by atoms with Crippen molar-refractivity contribution in [1.82, 2.24) is 29.5 Å². The van der Waals surface area contributed by atoms with Gasteiger partial charge < -0.3 is 24.5 Å². The number of rotatable bonds is 5. The molecule has 2 N–H and O–H groups in total. The highest BCUT2D eigenvalue weighted by Crippen LogP contribution is 2.41. The molecule has 3 aliphatic heterocycles. The van der Waals surface area contributed by atoms with E-state index in [4.69, 9.17) is 25.9 Å². The maximum atomic E-state index is 15.0. The molecular weight excluding hydrogens is 608 g/mol. The lowest BCUT2D eigenvalue weighted by molar-refractivity contribution is -0.0123. The maximum absolute atomic E-state index is 15.0. The average molecular weight is 642 g/mol. The van der Waals surface area contributed by atoms with Crippen molar-refractivity contribution in [3.63, 3.8) is 0 Å². The number of anilines is 1. The van der Waals surface area contributed by atoms with Crippen molar-refractivity contribution >= 4 is 33.1 Å². The number of terminal acetylenes is 1. The molecule has 8 rings (SSSR count). The number of aliphatic hydroxyl groups is 1. The molecule has 0 spiro atoms. The van der Waals surface area contributed by atoms with Crippen molar-refractivity contribution < 1.29 is 23.4 Å². The van der Waals surface area contributed by atoms with E-state index in [1.807, 2.05) is 4.90 Å². The van der Waals surface area contributed by atoms with Crippen LogP contribution in [-0.4, -0.2) is 97.9 Å². The molecule has 13 heteroatoms. The summed E-state index contributed by atoms with van der Waals surface area (Å²) in [6, 6.07) is 7.74. The zero-order chi connectivity index (χ0) is 32.5. The van der Waals surface area contributed by atoms with E-state index in [0.717, 1.165) is 19.4 Å². The molecule has 3 fully saturated rings. The van der Waals surface area contributed by atoms with Crippen LogP contribution in [0.4, 0.5) is 14.6 Å². The quantitative estimate of drug-likeness (QED) is 0.278. The second-order valence-electron chi connectivity index (χ2n) is 13.1. The van der Waals surface area contributed by atoms with E-state index in [9.17, 15) is 14.3 Å².